The summed E-state index contributed by atoms with van der Waals surface area (Å²) in [5, 5.41) is 3.16. The molecule has 0 spiro atoms. The van der Waals surface area contributed by atoms with Crippen LogP contribution < -0.4 is 0 Å². The van der Waals surface area contributed by atoms with Crippen molar-refractivity contribution in [2.24, 2.45) is 5.92 Å². The lowest BCUT2D eigenvalue weighted by atomic mass is 10.1. The summed E-state index contributed by atoms with van der Waals surface area (Å²) in [5.41, 5.74) is 1.38. The van der Waals surface area contributed by atoms with Crippen molar-refractivity contribution in [3.63, 3.8) is 0 Å². The highest BCUT2D eigenvalue weighted by molar-refractivity contribution is 7.09. The van der Waals surface area contributed by atoms with Crippen LogP contribution in [0, 0.1) is 19.8 Å². The number of aryl methyl sites for hydroxylation is 2. The summed E-state index contributed by atoms with van der Waals surface area (Å²) in [6.45, 7) is 5.31. The maximum Gasteiger partial charge on any atom is 0.257 e. The molecule has 2 aromatic rings. The van der Waals surface area contributed by atoms with Crippen LogP contribution >= 0.6 is 11.3 Å². The molecule has 5 nitrogen and oxygen atoms in total. The molecule has 0 N–H and O–H groups in total. The maximum absolute atomic E-state index is 12.6. The van der Waals surface area contributed by atoms with Crippen molar-refractivity contribution in [2.75, 3.05) is 13.1 Å². The Kier molecular flexibility index (Phi) is 3.96. The summed E-state index contributed by atoms with van der Waals surface area (Å²) in [7, 11) is 0. The Morgan fingerprint density at radius 1 is 1.43 bits per heavy atom. The molecule has 1 saturated heterocycles. The van der Waals surface area contributed by atoms with Crippen LogP contribution in [0.25, 0.3) is 0 Å². The minimum Gasteiger partial charge on any atom is -0.338 e. The van der Waals surface area contributed by atoms with Gasteiger partial charge in [0.1, 0.15) is 5.82 Å². The number of thiazole rings is 1. The van der Waals surface area contributed by atoms with Gasteiger partial charge in [-0.2, -0.15) is 0 Å². The number of amides is 1. The molecular formula is C15H18N4OS. The van der Waals surface area contributed by atoms with Crippen LogP contribution in [0.3, 0.4) is 0 Å². The number of carbonyl (C=O) groups excluding carboxylic acids is 1. The van der Waals surface area contributed by atoms with Gasteiger partial charge in [-0.1, -0.05) is 0 Å². The van der Waals surface area contributed by atoms with Crippen LogP contribution in [0.2, 0.25) is 0 Å². The van der Waals surface area contributed by atoms with Gasteiger partial charge in [0.2, 0.25) is 0 Å². The van der Waals surface area contributed by atoms with E-state index < -0.39 is 0 Å². The average Bonchev–Trinajstić information content (AvgIpc) is 3.10. The minimum atomic E-state index is 0.0501. The molecule has 1 fully saturated rings. The molecule has 3 rings (SSSR count). The SMILES string of the molecule is Cc1ncc(C(=O)N2CCC(Cc3nccs3)C2)c(C)n1. The number of nitrogens with zero attached hydrogens (tertiary/aromatic N) is 4. The Morgan fingerprint density at radius 2 is 2.29 bits per heavy atom. The third kappa shape index (κ3) is 3.10. The lowest BCUT2D eigenvalue weighted by molar-refractivity contribution is 0.0785. The molecule has 0 saturated carbocycles. The summed E-state index contributed by atoms with van der Waals surface area (Å²) in [6.07, 6.45) is 5.49. The van der Waals surface area contributed by atoms with Gasteiger partial charge < -0.3 is 4.90 Å². The van der Waals surface area contributed by atoms with Gasteiger partial charge in [-0.05, 0) is 26.2 Å². The van der Waals surface area contributed by atoms with E-state index in [1.165, 1.54) is 0 Å². The fraction of sp³-hybridized carbons (Fsp3) is 0.467. The molecule has 0 radical (unpaired) electrons. The molecule has 1 aliphatic rings. The number of hydrogen-bond donors (Lipinski definition) is 0. The first-order valence-electron chi connectivity index (χ1n) is 7.11. The molecular weight excluding hydrogens is 284 g/mol. The molecule has 3 heterocycles. The highest BCUT2D eigenvalue weighted by atomic mass is 32.1. The highest BCUT2D eigenvalue weighted by Gasteiger charge is 2.28. The average molecular weight is 302 g/mol. The Labute approximate surface area is 128 Å². The van der Waals surface area contributed by atoms with Gasteiger partial charge >= 0.3 is 0 Å². The van der Waals surface area contributed by atoms with E-state index in [1.807, 2.05) is 30.3 Å². The monoisotopic (exact) mass is 302 g/mol. The van der Waals surface area contributed by atoms with E-state index >= 15 is 0 Å². The van der Waals surface area contributed by atoms with Crippen molar-refractivity contribution in [1.82, 2.24) is 19.9 Å². The van der Waals surface area contributed by atoms with Crippen LogP contribution in [0.1, 0.15) is 33.3 Å². The summed E-state index contributed by atoms with van der Waals surface area (Å²) in [6, 6.07) is 0. The summed E-state index contributed by atoms with van der Waals surface area (Å²) >= 11 is 1.69. The van der Waals surface area contributed by atoms with Crippen LogP contribution in [0.15, 0.2) is 17.8 Å². The Bertz CT molecular complexity index is 641. The van der Waals surface area contributed by atoms with E-state index in [4.69, 9.17) is 0 Å². The van der Waals surface area contributed by atoms with Crippen LogP contribution in [-0.2, 0) is 6.42 Å². The smallest absolute Gasteiger partial charge is 0.257 e. The van der Waals surface area contributed by atoms with E-state index in [1.54, 1.807) is 17.5 Å². The predicted octanol–water partition coefficient (Wildman–Crippen LogP) is 2.25. The molecule has 2 aromatic heterocycles. The fourth-order valence-electron chi connectivity index (χ4n) is 2.75. The van der Waals surface area contributed by atoms with E-state index in [0.717, 1.165) is 36.6 Å². The molecule has 1 aliphatic heterocycles. The van der Waals surface area contributed by atoms with Crippen LogP contribution in [-0.4, -0.2) is 38.8 Å². The zero-order valence-corrected chi connectivity index (χ0v) is 13.1. The van der Waals surface area contributed by atoms with Gasteiger partial charge in [0, 0.05) is 37.3 Å². The molecule has 6 heteroatoms. The van der Waals surface area contributed by atoms with E-state index in [0.29, 0.717) is 17.3 Å². The Hall–Kier alpha value is -1.82. The van der Waals surface area contributed by atoms with Crippen molar-refractivity contribution in [3.05, 3.63) is 39.9 Å². The topological polar surface area (TPSA) is 59.0 Å². The molecule has 0 aliphatic carbocycles. The standard InChI is InChI=1S/C15H18N4OS/c1-10-13(8-17-11(2)18-10)15(20)19-5-3-12(9-19)7-14-16-4-6-21-14/h4,6,8,12H,3,5,7,9H2,1-2H3. The van der Waals surface area contributed by atoms with E-state index in [2.05, 4.69) is 15.0 Å². The number of likely N-dealkylation sites (tertiary alicyclic amines) is 1. The molecule has 21 heavy (non-hydrogen) atoms. The molecule has 0 bridgehead atoms. The molecule has 0 aromatic carbocycles. The van der Waals surface area contributed by atoms with Gasteiger partial charge in [-0.25, -0.2) is 15.0 Å². The maximum atomic E-state index is 12.6. The summed E-state index contributed by atoms with van der Waals surface area (Å²) in [4.78, 5) is 27.2. The largest absolute Gasteiger partial charge is 0.338 e. The Balaban J connectivity index is 1.66. The van der Waals surface area contributed by atoms with Crippen molar-refractivity contribution < 1.29 is 4.79 Å². The second-order valence-corrected chi connectivity index (χ2v) is 6.43. The van der Waals surface area contributed by atoms with Crippen LogP contribution in [0.4, 0.5) is 0 Å². The fourth-order valence-corrected chi connectivity index (χ4v) is 3.48. The second kappa shape index (κ2) is 5.89. The van der Waals surface area contributed by atoms with Gasteiger partial charge in [0.25, 0.3) is 5.91 Å². The third-order valence-corrected chi connectivity index (χ3v) is 4.65. The van der Waals surface area contributed by atoms with Crippen molar-refractivity contribution >= 4 is 17.2 Å². The van der Waals surface area contributed by atoms with Crippen molar-refractivity contribution in [1.29, 1.82) is 0 Å². The first kappa shape index (κ1) is 14.1. The quantitative estimate of drug-likeness (QED) is 0.872. The molecule has 1 atom stereocenters. The molecule has 110 valence electrons. The number of rotatable bonds is 3. The van der Waals surface area contributed by atoms with Gasteiger partial charge in [0.05, 0.1) is 16.3 Å². The van der Waals surface area contributed by atoms with E-state index in [-0.39, 0.29) is 5.91 Å². The zero-order valence-electron chi connectivity index (χ0n) is 12.2. The second-order valence-electron chi connectivity index (χ2n) is 5.45. The number of carbonyl (C=O) groups is 1. The molecule has 1 unspecified atom stereocenters. The van der Waals surface area contributed by atoms with Crippen LogP contribution in [0.5, 0.6) is 0 Å². The first-order valence-corrected chi connectivity index (χ1v) is 7.99. The van der Waals surface area contributed by atoms with Crippen molar-refractivity contribution in [2.45, 2.75) is 26.7 Å². The predicted molar refractivity (Wildman–Crippen MR) is 81.3 cm³/mol. The van der Waals surface area contributed by atoms with Gasteiger partial charge in [-0.3, -0.25) is 4.79 Å². The van der Waals surface area contributed by atoms with Crippen molar-refractivity contribution in [3.8, 4) is 0 Å². The lowest BCUT2D eigenvalue weighted by Gasteiger charge is -2.17. The Morgan fingerprint density at radius 3 is 3.00 bits per heavy atom. The van der Waals surface area contributed by atoms with Gasteiger partial charge in [0.15, 0.2) is 0 Å². The van der Waals surface area contributed by atoms with Gasteiger partial charge in [-0.15, -0.1) is 11.3 Å². The summed E-state index contributed by atoms with van der Waals surface area (Å²) < 4.78 is 0. The highest BCUT2D eigenvalue weighted by Crippen LogP contribution is 2.23. The lowest BCUT2D eigenvalue weighted by Crippen LogP contribution is -2.30. The number of hydrogen-bond acceptors (Lipinski definition) is 5. The zero-order chi connectivity index (χ0) is 14.8. The molecule has 1 amide bonds. The third-order valence-electron chi connectivity index (χ3n) is 3.85. The minimum absolute atomic E-state index is 0.0501. The summed E-state index contributed by atoms with van der Waals surface area (Å²) in [5.74, 6) is 1.26. The normalized spacial score (nSPS) is 18.2. The van der Waals surface area contributed by atoms with E-state index in [9.17, 15) is 4.79 Å². The number of aromatic nitrogens is 3. The first-order chi connectivity index (χ1) is 10.1.